The number of rotatable bonds is 6. The second-order valence-corrected chi connectivity index (χ2v) is 3.04. The Labute approximate surface area is 92.5 Å². The molecule has 0 aromatic carbocycles. The molecule has 0 atom stereocenters. The van der Waals surface area contributed by atoms with Gasteiger partial charge in [0.2, 0.25) is 0 Å². The predicted octanol–water partition coefficient (Wildman–Crippen LogP) is 1.30. The van der Waals surface area contributed by atoms with Crippen LogP contribution in [0.15, 0.2) is 23.8 Å². The van der Waals surface area contributed by atoms with Gasteiger partial charge in [0.05, 0.1) is 5.56 Å². The fourth-order valence-corrected chi connectivity index (χ4v) is 1.07. The van der Waals surface area contributed by atoms with E-state index in [1.54, 1.807) is 0 Å². The monoisotopic (exact) mass is 220 g/mol. The third kappa shape index (κ3) is 4.39. The standard InChI is InChI=1S/C9H12N6O/c10-15-14-4-2-1-3-13-9(16)8-5-11-7-12-6-8/h5-7H,1-4H2,(H,13,16). The highest BCUT2D eigenvalue weighted by Crippen LogP contribution is 1.93. The van der Waals surface area contributed by atoms with Gasteiger partial charge in [0, 0.05) is 30.4 Å². The van der Waals surface area contributed by atoms with Crippen LogP contribution in [0.4, 0.5) is 0 Å². The third-order valence-corrected chi connectivity index (χ3v) is 1.86. The van der Waals surface area contributed by atoms with Crippen LogP contribution in [-0.4, -0.2) is 29.0 Å². The number of azide groups is 1. The maximum Gasteiger partial charge on any atom is 0.254 e. The zero-order valence-corrected chi connectivity index (χ0v) is 8.70. The number of carbonyl (C=O) groups is 1. The quantitative estimate of drug-likeness (QED) is 0.338. The molecular weight excluding hydrogens is 208 g/mol. The number of nitrogens with zero attached hydrogens (tertiary/aromatic N) is 5. The number of aromatic nitrogens is 2. The summed E-state index contributed by atoms with van der Waals surface area (Å²) in [6, 6.07) is 0. The van der Waals surface area contributed by atoms with Crippen molar-refractivity contribution in [1.82, 2.24) is 15.3 Å². The van der Waals surface area contributed by atoms with Gasteiger partial charge >= 0.3 is 0 Å². The number of carbonyl (C=O) groups excluding carboxylic acids is 1. The smallest absolute Gasteiger partial charge is 0.254 e. The van der Waals surface area contributed by atoms with Crippen LogP contribution in [0.2, 0.25) is 0 Å². The summed E-state index contributed by atoms with van der Waals surface area (Å²) in [7, 11) is 0. The van der Waals surface area contributed by atoms with E-state index in [0.29, 0.717) is 18.7 Å². The fourth-order valence-electron chi connectivity index (χ4n) is 1.07. The lowest BCUT2D eigenvalue weighted by Gasteiger charge is -2.03. The molecule has 0 aliphatic heterocycles. The summed E-state index contributed by atoms with van der Waals surface area (Å²) in [5.41, 5.74) is 8.48. The molecule has 16 heavy (non-hydrogen) atoms. The Morgan fingerprint density at radius 1 is 1.44 bits per heavy atom. The highest BCUT2D eigenvalue weighted by atomic mass is 16.1. The first-order chi connectivity index (χ1) is 7.84. The average Bonchev–Trinajstić information content (AvgIpc) is 2.34. The molecular formula is C9H12N6O. The van der Waals surface area contributed by atoms with Crippen LogP contribution in [0, 0.1) is 0 Å². The highest BCUT2D eigenvalue weighted by molar-refractivity contribution is 5.93. The Hall–Kier alpha value is -2.14. The van der Waals surface area contributed by atoms with E-state index in [9.17, 15) is 4.79 Å². The molecule has 0 aliphatic carbocycles. The topological polar surface area (TPSA) is 104 Å². The second kappa shape index (κ2) is 7.19. The van der Waals surface area contributed by atoms with Gasteiger partial charge in [-0.25, -0.2) is 9.97 Å². The number of hydrogen-bond donors (Lipinski definition) is 1. The summed E-state index contributed by atoms with van der Waals surface area (Å²) >= 11 is 0. The molecule has 0 radical (unpaired) electrons. The maximum absolute atomic E-state index is 11.5. The molecule has 7 nitrogen and oxygen atoms in total. The molecule has 0 bridgehead atoms. The molecule has 0 spiro atoms. The Morgan fingerprint density at radius 3 is 2.88 bits per heavy atom. The van der Waals surface area contributed by atoms with E-state index in [2.05, 4.69) is 25.3 Å². The first kappa shape index (κ1) is 11.9. The normalized spacial score (nSPS) is 9.25. The van der Waals surface area contributed by atoms with E-state index >= 15 is 0 Å². The van der Waals surface area contributed by atoms with Crippen molar-refractivity contribution >= 4 is 5.91 Å². The molecule has 0 saturated heterocycles. The van der Waals surface area contributed by atoms with Gasteiger partial charge < -0.3 is 5.32 Å². The average molecular weight is 220 g/mol. The number of hydrogen-bond acceptors (Lipinski definition) is 4. The minimum atomic E-state index is -0.190. The lowest BCUT2D eigenvalue weighted by atomic mass is 10.3. The zero-order valence-electron chi connectivity index (χ0n) is 8.70. The van der Waals surface area contributed by atoms with E-state index in [-0.39, 0.29) is 5.91 Å². The minimum Gasteiger partial charge on any atom is -0.352 e. The summed E-state index contributed by atoms with van der Waals surface area (Å²) in [5, 5.41) is 6.12. The molecule has 0 fully saturated rings. The molecule has 84 valence electrons. The van der Waals surface area contributed by atoms with Gasteiger partial charge in [-0.3, -0.25) is 4.79 Å². The van der Waals surface area contributed by atoms with Crippen molar-refractivity contribution < 1.29 is 4.79 Å². The molecule has 1 amide bonds. The predicted molar refractivity (Wildman–Crippen MR) is 57.6 cm³/mol. The van der Waals surface area contributed by atoms with Crippen molar-refractivity contribution in [3.05, 3.63) is 34.7 Å². The van der Waals surface area contributed by atoms with E-state index in [1.165, 1.54) is 18.7 Å². The van der Waals surface area contributed by atoms with Gasteiger partial charge in [-0.05, 0) is 18.4 Å². The largest absolute Gasteiger partial charge is 0.352 e. The molecule has 0 saturated carbocycles. The number of unbranched alkanes of at least 4 members (excludes halogenated alkanes) is 1. The molecule has 0 aliphatic rings. The van der Waals surface area contributed by atoms with Gasteiger partial charge in [-0.1, -0.05) is 5.11 Å². The Balaban J connectivity index is 2.18. The number of amides is 1. The fraction of sp³-hybridized carbons (Fsp3) is 0.444. The minimum absolute atomic E-state index is 0.190. The molecule has 1 heterocycles. The van der Waals surface area contributed by atoms with Gasteiger partial charge in [0.15, 0.2) is 0 Å². The van der Waals surface area contributed by atoms with E-state index in [0.717, 1.165) is 12.8 Å². The summed E-state index contributed by atoms with van der Waals surface area (Å²) in [4.78, 5) is 21.6. The summed E-state index contributed by atoms with van der Waals surface area (Å²) in [5.74, 6) is -0.190. The Morgan fingerprint density at radius 2 is 2.19 bits per heavy atom. The molecule has 1 aromatic heterocycles. The molecule has 1 N–H and O–H groups in total. The Kier molecular flexibility index (Phi) is 5.36. The summed E-state index contributed by atoms with van der Waals surface area (Å²) < 4.78 is 0. The van der Waals surface area contributed by atoms with Crippen LogP contribution in [0.1, 0.15) is 23.2 Å². The van der Waals surface area contributed by atoms with E-state index in [1.807, 2.05) is 0 Å². The first-order valence-electron chi connectivity index (χ1n) is 4.88. The van der Waals surface area contributed by atoms with Crippen LogP contribution in [0.25, 0.3) is 10.4 Å². The summed E-state index contributed by atoms with van der Waals surface area (Å²) in [6.45, 7) is 1.01. The van der Waals surface area contributed by atoms with Crippen molar-refractivity contribution in [2.75, 3.05) is 13.1 Å². The van der Waals surface area contributed by atoms with Gasteiger partial charge in [0.1, 0.15) is 6.33 Å². The van der Waals surface area contributed by atoms with Crippen molar-refractivity contribution in [1.29, 1.82) is 0 Å². The zero-order chi connectivity index (χ0) is 11.6. The lowest BCUT2D eigenvalue weighted by Crippen LogP contribution is -2.24. The molecule has 1 aromatic rings. The third-order valence-electron chi connectivity index (χ3n) is 1.86. The number of nitrogens with one attached hydrogen (secondary N) is 1. The van der Waals surface area contributed by atoms with Crippen molar-refractivity contribution in [3.8, 4) is 0 Å². The SMILES string of the molecule is [N-]=[N+]=NCCCCNC(=O)c1cncnc1. The molecule has 1 rings (SSSR count). The van der Waals surface area contributed by atoms with Crippen molar-refractivity contribution in [3.63, 3.8) is 0 Å². The maximum atomic E-state index is 11.5. The van der Waals surface area contributed by atoms with Crippen molar-refractivity contribution in [2.24, 2.45) is 5.11 Å². The molecule has 0 unspecified atom stereocenters. The van der Waals surface area contributed by atoms with Crippen LogP contribution >= 0.6 is 0 Å². The van der Waals surface area contributed by atoms with Gasteiger partial charge in [-0.2, -0.15) is 0 Å². The van der Waals surface area contributed by atoms with Crippen LogP contribution in [0.5, 0.6) is 0 Å². The first-order valence-corrected chi connectivity index (χ1v) is 4.88. The highest BCUT2D eigenvalue weighted by Gasteiger charge is 2.03. The van der Waals surface area contributed by atoms with Crippen LogP contribution in [0.3, 0.4) is 0 Å². The van der Waals surface area contributed by atoms with Crippen LogP contribution < -0.4 is 5.32 Å². The lowest BCUT2D eigenvalue weighted by molar-refractivity contribution is 0.0952. The second-order valence-electron chi connectivity index (χ2n) is 3.04. The van der Waals surface area contributed by atoms with Crippen molar-refractivity contribution in [2.45, 2.75) is 12.8 Å². The van der Waals surface area contributed by atoms with Crippen LogP contribution in [-0.2, 0) is 0 Å². The van der Waals surface area contributed by atoms with E-state index in [4.69, 9.17) is 5.53 Å². The Bertz CT molecular complexity index is 373. The van der Waals surface area contributed by atoms with Gasteiger partial charge in [-0.15, -0.1) is 0 Å². The van der Waals surface area contributed by atoms with Gasteiger partial charge in [0.25, 0.3) is 5.91 Å². The van der Waals surface area contributed by atoms with E-state index < -0.39 is 0 Å². The summed E-state index contributed by atoms with van der Waals surface area (Å²) in [6.07, 6.45) is 5.83. The molecule has 7 heteroatoms.